The number of hydrogen-bond donors (Lipinski definition) is 0. The van der Waals surface area contributed by atoms with E-state index in [1.807, 2.05) is 6.08 Å². The Kier molecular flexibility index (Phi) is 7.20. The Balaban J connectivity index is 1.60. The van der Waals surface area contributed by atoms with Crippen LogP contribution in [0.2, 0.25) is 0 Å². The number of sulfone groups is 1. The van der Waals surface area contributed by atoms with Crippen molar-refractivity contribution in [2.24, 2.45) is 0 Å². The maximum absolute atomic E-state index is 12.2. The second kappa shape index (κ2) is 8.90. The summed E-state index contributed by atoms with van der Waals surface area (Å²) in [6.07, 6.45) is 19.2. The van der Waals surface area contributed by atoms with Gasteiger partial charge in [-0.2, -0.15) is 0 Å². The van der Waals surface area contributed by atoms with Gasteiger partial charge in [-0.3, -0.25) is 0 Å². The van der Waals surface area contributed by atoms with E-state index in [1.54, 1.807) is 0 Å². The van der Waals surface area contributed by atoms with Gasteiger partial charge in [0.25, 0.3) is 0 Å². The van der Waals surface area contributed by atoms with Crippen molar-refractivity contribution in [2.75, 3.05) is 0 Å². The summed E-state index contributed by atoms with van der Waals surface area (Å²) in [6.45, 7) is 3.75. The summed E-state index contributed by atoms with van der Waals surface area (Å²) >= 11 is 0. The predicted octanol–water partition coefficient (Wildman–Crippen LogP) is 5.35. The Hall–Kier alpha value is -0.570. The van der Waals surface area contributed by atoms with Crippen LogP contribution >= 0.6 is 0 Å². The van der Waals surface area contributed by atoms with Crippen LogP contribution in [-0.4, -0.2) is 18.9 Å². The molecule has 0 amide bonds. The van der Waals surface area contributed by atoms with Gasteiger partial charge in [0.2, 0.25) is 0 Å². The molecule has 2 unspecified atom stereocenters. The van der Waals surface area contributed by atoms with Crippen LogP contribution in [0.1, 0.15) is 83.5 Å². The fraction of sp³-hybridized carbons (Fsp3) is 0.789. The predicted molar refractivity (Wildman–Crippen MR) is 94.8 cm³/mol. The van der Waals surface area contributed by atoms with Crippen LogP contribution in [0.15, 0.2) is 24.3 Å². The lowest BCUT2D eigenvalue weighted by Crippen LogP contribution is -2.38. The molecule has 2 heterocycles. The van der Waals surface area contributed by atoms with Crippen molar-refractivity contribution in [2.45, 2.75) is 94.0 Å². The van der Waals surface area contributed by atoms with Crippen molar-refractivity contribution < 1.29 is 8.42 Å². The molecule has 0 aromatic rings. The summed E-state index contributed by atoms with van der Waals surface area (Å²) in [5, 5.41) is -0.212. The van der Waals surface area contributed by atoms with Gasteiger partial charge in [0.05, 0.1) is 10.5 Å². The molecule has 0 saturated carbocycles. The molecule has 2 aliphatic heterocycles. The molecule has 0 spiro atoms. The van der Waals surface area contributed by atoms with Gasteiger partial charge in [0.1, 0.15) is 0 Å². The number of allylic oxidation sites excluding steroid dienone is 2. The lowest BCUT2D eigenvalue weighted by molar-refractivity contribution is 0.502. The van der Waals surface area contributed by atoms with E-state index < -0.39 is 9.84 Å². The minimum Gasteiger partial charge on any atom is -0.228 e. The van der Waals surface area contributed by atoms with Gasteiger partial charge in [-0.25, -0.2) is 8.42 Å². The Morgan fingerprint density at radius 3 is 2.41 bits per heavy atom. The van der Waals surface area contributed by atoms with Crippen LogP contribution in [0.25, 0.3) is 0 Å². The van der Waals surface area contributed by atoms with E-state index in [0.717, 1.165) is 38.5 Å². The van der Waals surface area contributed by atoms with E-state index >= 15 is 0 Å². The van der Waals surface area contributed by atoms with Crippen LogP contribution in [0.4, 0.5) is 0 Å². The summed E-state index contributed by atoms with van der Waals surface area (Å²) in [5.74, 6) is 0. The van der Waals surface area contributed by atoms with Crippen molar-refractivity contribution in [3.63, 3.8) is 0 Å². The third kappa shape index (κ3) is 4.97. The van der Waals surface area contributed by atoms with Gasteiger partial charge in [0.15, 0.2) is 9.84 Å². The molecule has 0 N–H and O–H groups in total. The maximum atomic E-state index is 12.2. The largest absolute Gasteiger partial charge is 0.228 e. The highest BCUT2D eigenvalue weighted by molar-refractivity contribution is 7.92. The molecule has 2 aliphatic rings. The fourth-order valence-electron chi connectivity index (χ4n) is 3.85. The quantitative estimate of drug-likeness (QED) is 0.401. The van der Waals surface area contributed by atoms with E-state index in [1.165, 1.54) is 50.5 Å². The maximum Gasteiger partial charge on any atom is 0.159 e. The first-order valence-electron chi connectivity index (χ1n) is 9.18. The minimum absolute atomic E-state index is 0.0592. The summed E-state index contributed by atoms with van der Waals surface area (Å²) in [5.41, 5.74) is 1.43. The van der Waals surface area contributed by atoms with Gasteiger partial charge >= 0.3 is 0 Å². The number of hydrogen-bond acceptors (Lipinski definition) is 2. The molecular formula is C19H32O2S. The molecule has 22 heavy (non-hydrogen) atoms. The van der Waals surface area contributed by atoms with Gasteiger partial charge in [-0.15, -0.1) is 6.58 Å². The van der Waals surface area contributed by atoms with Crippen LogP contribution in [0, 0.1) is 0 Å². The molecule has 0 aromatic carbocycles. The molecule has 0 aliphatic carbocycles. The molecule has 2 rings (SSSR count). The van der Waals surface area contributed by atoms with Crippen molar-refractivity contribution in [1.82, 2.24) is 0 Å². The smallest absolute Gasteiger partial charge is 0.159 e. The van der Waals surface area contributed by atoms with Crippen molar-refractivity contribution >= 4 is 9.84 Å². The lowest BCUT2D eigenvalue weighted by atomic mass is 9.94. The molecule has 3 heteroatoms. The zero-order valence-corrected chi connectivity index (χ0v) is 14.8. The monoisotopic (exact) mass is 324 g/mol. The highest BCUT2D eigenvalue weighted by Crippen LogP contribution is 2.37. The Bertz CT molecular complexity index is 476. The molecule has 1 fully saturated rings. The highest BCUT2D eigenvalue weighted by Gasteiger charge is 2.39. The summed E-state index contributed by atoms with van der Waals surface area (Å²) in [7, 11) is -2.83. The SMILES string of the molecule is C=CCCCCCCCCCC1=CC2CCCC(C1)S2(=O)=O. The minimum atomic E-state index is -2.83. The number of fused-ring (bicyclic) bond motifs is 2. The number of rotatable bonds is 10. The van der Waals surface area contributed by atoms with Crippen molar-refractivity contribution in [1.29, 1.82) is 0 Å². The molecule has 1 saturated heterocycles. The Labute approximate surface area is 137 Å². The standard InChI is InChI=1S/C19H32O2S/c1-2-3-4-5-6-7-8-9-10-12-17-15-18-13-11-14-19(16-17)22(18,20)21/h2,15,18-19H,1,3-14,16H2. The average molecular weight is 325 g/mol. The summed E-state index contributed by atoms with van der Waals surface area (Å²) in [6, 6.07) is 0. The molecular weight excluding hydrogens is 292 g/mol. The second-order valence-electron chi connectivity index (χ2n) is 7.01. The molecule has 0 aromatic heterocycles. The molecule has 2 atom stereocenters. The van der Waals surface area contributed by atoms with Crippen LogP contribution in [0.5, 0.6) is 0 Å². The Morgan fingerprint density at radius 2 is 1.73 bits per heavy atom. The first-order valence-corrected chi connectivity index (χ1v) is 10.8. The van der Waals surface area contributed by atoms with E-state index in [2.05, 4.69) is 12.7 Å². The highest BCUT2D eigenvalue weighted by atomic mass is 32.2. The second-order valence-corrected chi connectivity index (χ2v) is 9.46. The summed E-state index contributed by atoms with van der Waals surface area (Å²) < 4.78 is 24.4. The molecule has 2 bridgehead atoms. The molecule has 2 nitrogen and oxygen atoms in total. The normalized spacial score (nSPS) is 26.5. The average Bonchev–Trinajstić information content (AvgIpc) is 2.45. The van der Waals surface area contributed by atoms with Crippen molar-refractivity contribution in [3.8, 4) is 0 Å². The van der Waals surface area contributed by atoms with Crippen LogP contribution < -0.4 is 0 Å². The van der Waals surface area contributed by atoms with E-state index in [-0.39, 0.29) is 10.5 Å². The van der Waals surface area contributed by atoms with Crippen LogP contribution in [0.3, 0.4) is 0 Å². The third-order valence-corrected chi connectivity index (χ3v) is 7.77. The summed E-state index contributed by atoms with van der Waals surface area (Å²) in [4.78, 5) is 0. The van der Waals surface area contributed by atoms with Crippen LogP contribution in [-0.2, 0) is 9.84 Å². The zero-order chi connectivity index (χ0) is 15.8. The fourth-order valence-corrected chi connectivity index (χ4v) is 6.17. The van der Waals surface area contributed by atoms with E-state index in [9.17, 15) is 8.42 Å². The van der Waals surface area contributed by atoms with Gasteiger partial charge in [-0.1, -0.05) is 56.3 Å². The van der Waals surface area contributed by atoms with Gasteiger partial charge in [0, 0.05) is 0 Å². The number of unbranched alkanes of at least 4 members (excludes halogenated alkanes) is 7. The third-order valence-electron chi connectivity index (χ3n) is 5.22. The van der Waals surface area contributed by atoms with Gasteiger partial charge < -0.3 is 0 Å². The first-order chi connectivity index (χ1) is 10.6. The first kappa shape index (κ1) is 17.8. The molecule has 0 radical (unpaired) electrons. The van der Waals surface area contributed by atoms with Gasteiger partial charge in [-0.05, 0) is 44.9 Å². The lowest BCUT2D eigenvalue weighted by Gasteiger charge is -2.33. The zero-order valence-electron chi connectivity index (χ0n) is 13.9. The van der Waals surface area contributed by atoms with Crippen molar-refractivity contribution in [3.05, 3.63) is 24.3 Å². The van der Waals surface area contributed by atoms with E-state index in [0.29, 0.717) is 0 Å². The van der Waals surface area contributed by atoms with E-state index in [4.69, 9.17) is 0 Å². The molecule has 126 valence electrons. The topological polar surface area (TPSA) is 34.1 Å². The Morgan fingerprint density at radius 1 is 1.05 bits per heavy atom.